The summed E-state index contributed by atoms with van der Waals surface area (Å²) in [6.07, 6.45) is -0.427. The smallest absolute Gasteiger partial charge is 0.308 e. The highest BCUT2D eigenvalue weighted by molar-refractivity contribution is 9.10. The van der Waals surface area contributed by atoms with Gasteiger partial charge in [-0.25, -0.2) is 0 Å². The lowest BCUT2D eigenvalue weighted by Crippen LogP contribution is -2.03. The van der Waals surface area contributed by atoms with Gasteiger partial charge in [-0.05, 0) is 22.0 Å². The fourth-order valence-electron chi connectivity index (χ4n) is 1.05. The summed E-state index contributed by atoms with van der Waals surface area (Å²) in [6, 6.07) is 2.47. The number of nitro groups is 1. The van der Waals surface area contributed by atoms with Crippen molar-refractivity contribution in [1.82, 2.24) is 0 Å². The molecular formula is C8H5BrClNO4. The molecule has 1 aromatic rings. The Morgan fingerprint density at radius 3 is 2.67 bits per heavy atom. The molecule has 0 fully saturated rings. The maximum absolute atomic E-state index is 10.6. The van der Waals surface area contributed by atoms with Gasteiger partial charge in [0.05, 0.1) is 16.4 Å². The van der Waals surface area contributed by atoms with Gasteiger partial charge >= 0.3 is 5.97 Å². The predicted molar refractivity (Wildman–Crippen MR) is 57.1 cm³/mol. The van der Waals surface area contributed by atoms with E-state index in [4.69, 9.17) is 16.7 Å². The van der Waals surface area contributed by atoms with Gasteiger partial charge in [0.2, 0.25) is 0 Å². The Labute approximate surface area is 97.9 Å². The standard InChI is InChI=1S/C8H5BrClNO4/c9-5-3-7(11(14)15)4(1-6(5)10)2-8(12)13/h1,3H,2H2,(H,12,13). The second-order valence-corrected chi connectivity index (χ2v) is 3.98. The number of carboxylic acid groups (broad SMARTS) is 1. The number of carboxylic acids is 1. The van der Waals surface area contributed by atoms with Crippen LogP contribution in [0.25, 0.3) is 0 Å². The summed E-state index contributed by atoms with van der Waals surface area (Å²) in [5, 5.41) is 19.4. The lowest BCUT2D eigenvalue weighted by Gasteiger charge is -2.02. The van der Waals surface area contributed by atoms with E-state index < -0.39 is 17.3 Å². The van der Waals surface area contributed by atoms with Crippen molar-refractivity contribution >= 4 is 39.2 Å². The zero-order chi connectivity index (χ0) is 11.6. The van der Waals surface area contributed by atoms with Gasteiger partial charge in [-0.2, -0.15) is 0 Å². The van der Waals surface area contributed by atoms with Crippen LogP contribution in [0.5, 0.6) is 0 Å². The molecule has 5 nitrogen and oxygen atoms in total. The van der Waals surface area contributed by atoms with Crippen LogP contribution in [0, 0.1) is 10.1 Å². The molecule has 1 N–H and O–H groups in total. The summed E-state index contributed by atoms with van der Waals surface area (Å²) in [6.45, 7) is 0. The Bertz CT molecular complexity index is 435. The molecule has 0 aliphatic carbocycles. The number of hydrogen-bond donors (Lipinski definition) is 1. The van der Waals surface area contributed by atoms with Crippen LogP contribution in [0.3, 0.4) is 0 Å². The second kappa shape index (κ2) is 4.59. The van der Waals surface area contributed by atoms with Gasteiger partial charge in [0.25, 0.3) is 5.69 Å². The molecule has 0 bridgehead atoms. The second-order valence-electron chi connectivity index (χ2n) is 2.72. The van der Waals surface area contributed by atoms with Crippen LogP contribution in [-0.2, 0) is 11.2 Å². The minimum Gasteiger partial charge on any atom is -0.481 e. The van der Waals surface area contributed by atoms with E-state index in [0.717, 1.165) is 0 Å². The maximum Gasteiger partial charge on any atom is 0.308 e. The summed E-state index contributed by atoms with van der Waals surface area (Å²) in [5.74, 6) is -1.14. The number of hydrogen-bond acceptors (Lipinski definition) is 3. The molecular weight excluding hydrogens is 289 g/mol. The number of aliphatic carboxylic acids is 1. The average Bonchev–Trinajstić information content (AvgIpc) is 2.09. The average molecular weight is 294 g/mol. The first-order valence-corrected chi connectivity index (χ1v) is 4.93. The van der Waals surface area contributed by atoms with Gasteiger partial charge in [0, 0.05) is 16.1 Å². The number of halogens is 2. The zero-order valence-corrected chi connectivity index (χ0v) is 9.58. The van der Waals surface area contributed by atoms with Crippen molar-refractivity contribution in [3.05, 3.63) is 37.3 Å². The van der Waals surface area contributed by atoms with Crippen LogP contribution in [0.2, 0.25) is 5.02 Å². The zero-order valence-electron chi connectivity index (χ0n) is 7.24. The van der Waals surface area contributed by atoms with E-state index in [1.54, 1.807) is 0 Å². The van der Waals surface area contributed by atoms with Crippen molar-refractivity contribution in [2.75, 3.05) is 0 Å². The van der Waals surface area contributed by atoms with E-state index in [1.165, 1.54) is 12.1 Å². The minimum atomic E-state index is -1.14. The van der Waals surface area contributed by atoms with Crippen molar-refractivity contribution < 1.29 is 14.8 Å². The Balaban J connectivity index is 3.28. The molecule has 15 heavy (non-hydrogen) atoms. The topological polar surface area (TPSA) is 80.4 Å². The van der Waals surface area contributed by atoms with Crippen LogP contribution in [0.1, 0.15) is 5.56 Å². The highest BCUT2D eigenvalue weighted by atomic mass is 79.9. The van der Waals surface area contributed by atoms with Gasteiger partial charge in [-0.15, -0.1) is 0 Å². The molecule has 1 aromatic carbocycles. The summed E-state index contributed by atoms with van der Waals surface area (Å²) in [5.41, 5.74) is -0.172. The number of benzene rings is 1. The third-order valence-corrected chi connectivity index (χ3v) is 2.86. The van der Waals surface area contributed by atoms with Crippen molar-refractivity contribution in [3.8, 4) is 0 Å². The highest BCUT2D eigenvalue weighted by Gasteiger charge is 2.18. The molecule has 7 heteroatoms. The Morgan fingerprint density at radius 2 is 2.20 bits per heavy atom. The van der Waals surface area contributed by atoms with Crippen molar-refractivity contribution in [1.29, 1.82) is 0 Å². The van der Waals surface area contributed by atoms with Crippen LogP contribution in [0.4, 0.5) is 5.69 Å². The van der Waals surface area contributed by atoms with E-state index in [-0.39, 0.29) is 16.3 Å². The minimum absolute atomic E-state index is 0.0840. The molecule has 0 saturated heterocycles. The van der Waals surface area contributed by atoms with Gasteiger partial charge in [-0.3, -0.25) is 14.9 Å². The van der Waals surface area contributed by atoms with E-state index in [1.807, 2.05) is 0 Å². The molecule has 0 spiro atoms. The van der Waals surface area contributed by atoms with Crippen LogP contribution in [-0.4, -0.2) is 16.0 Å². The van der Waals surface area contributed by atoms with Crippen molar-refractivity contribution in [2.24, 2.45) is 0 Å². The van der Waals surface area contributed by atoms with Gasteiger partial charge in [0.15, 0.2) is 0 Å². The lowest BCUT2D eigenvalue weighted by atomic mass is 10.1. The largest absolute Gasteiger partial charge is 0.481 e. The van der Waals surface area contributed by atoms with Crippen molar-refractivity contribution in [2.45, 2.75) is 6.42 Å². The molecule has 1 rings (SSSR count). The molecule has 0 unspecified atom stereocenters. The quantitative estimate of drug-likeness (QED) is 0.686. The molecule has 0 amide bonds. The maximum atomic E-state index is 10.6. The summed E-state index contributed by atoms with van der Waals surface area (Å²) in [4.78, 5) is 20.4. The predicted octanol–water partition coefficient (Wildman–Crippen LogP) is 2.64. The Kier molecular flexibility index (Phi) is 3.65. The molecule has 0 saturated carbocycles. The van der Waals surface area contributed by atoms with Crippen LogP contribution >= 0.6 is 27.5 Å². The summed E-state index contributed by atoms with van der Waals surface area (Å²) >= 11 is 8.74. The van der Waals surface area contributed by atoms with Crippen LogP contribution < -0.4 is 0 Å². The summed E-state index contributed by atoms with van der Waals surface area (Å²) in [7, 11) is 0. The first-order valence-electron chi connectivity index (χ1n) is 3.76. The first kappa shape index (κ1) is 11.9. The van der Waals surface area contributed by atoms with E-state index in [0.29, 0.717) is 4.47 Å². The molecule has 0 radical (unpaired) electrons. The SMILES string of the molecule is O=C(O)Cc1cc(Cl)c(Br)cc1[N+](=O)[O-]. The molecule has 80 valence electrons. The fraction of sp³-hybridized carbons (Fsp3) is 0.125. The van der Waals surface area contributed by atoms with Gasteiger partial charge in [0.1, 0.15) is 0 Å². The normalized spacial score (nSPS) is 10.0. The fourth-order valence-corrected chi connectivity index (χ4v) is 1.57. The molecule has 0 atom stereocenters. The number of carbonyl (C=O) groups is 1. The number of nitro benzene ring substituents is 1. The molecule has 0 heterocycles. The van der Waals surface area contributed by atoms with Gasteiger partial charge < -0.3 is 5.11 Å². The first-order chi connectivity index (χ1) is 6.91. The van der Waals surface area contributed by atoms with Gasteiger partial charge in [-0.1, -0.05) is 11.6 Å². The van der Waals surface area contributed by atoms with E-state index in [9.17, 15) is 14.9 Å². The molecule has 0 aromatic heterocycles. The summed E-state index contributed by atoms with van der Waals surface area (Å²) < 4.78 is 0.366. The monoisotopic (exact) mass is 293 g/mol. The highest BCUT2D eigenvalue weighted by Crippen LogP contribution is 2.30. The van der Waals surface area contributed by atoms with Crippen molar-refractivity contribution in [3.63, 3.8) is 0 Å². The number of rotatable bonds is 3. The third-order valence-electron chi connectivity index (χ3n) is 1.66. The number of nitrogens with zero attached hydrogens (tertiary/aromatic N) is 1. The van der Waals surface area contributed by atoms with Crippen LogP contribution in [0.15, 0.2) is 16.6 Å². The molecule has 0 aliphatic rings. The third kappa shape index (κ3) is 2.90. The van der Waals surface area contributed by atoms with E-state index >= 15 is 0 Å². The van der Waals surface area contributed by atoms with E-state index in [2.05, 4.69) is 15.9 Å². The lowest BCUT2D eigenvalue weighted by molar-refractivity contribution is -0.385. The Hall–Kier alpha value is -1.14. The molecule has 0 aliphatic heterocycles. The Morgan fingerprint density at radius 1 is 1.60 bits per heavy atom.